The lowest BCUT2D eigenvalue weighted by Gasteiger charge is -2.25. The summed E-state index contributed by atoms with van der Waals surface area (Å²) >= 11 is 0. The van der Waals surface area contributed by atoms with Gasteiger partial charge in [-0.1, -0.05) is 18.2 Å². The molecule has 1 heterocycles. The van der Waals surface area contributed by atoms with Gasteiger partial charge in [-0.25, -0.2) is 8.42 Å². The van der Waals surface area contributed by atoms with E-state index >= 15 is 0 Å². The molecular formula is C25H26N2O7S. The Morgan fingerprint density at radius 2 is 1.80 bits per heavy atom. The van der Waals surface area contributed by atoms with E-state index in [0.717, 1.165) is 15.4 Å². The van der Waals surface area contributed by atoms with Gasteiger partial charge in [0.15, 0.2) is 11.5 Å². The zero-order chi connectivity index (χ0) is 25.0. The molecular weight excluding hydrogens is 472 g/mol. The number of carbonyl (C=O) groups is 1. The summed E-state index contributed by atoms with van der Waals surface area (Å²) in [5.41, 5.74) is 1.81. The second-order valence-electron chi connectivity index (χ2n) is 7.83. The zero-order valence-electron chi connectivity index (χ0n) is 19.6. The number of nitrogens with one attached hydrogen (secondary N) is 1. The molecule has 184 valence electrons. The Morgan fingerprint density at radius 3 is 2.57 bits per heavy atom. The Balaban J connectivity index is 1.62. The van der Waals surface area contributed by atoms with Crippen molar-refractivity contribution in [3.05, 3.63) is 71.8 Å². The number of rotatable bonds is 9. The monoisotopic (exact) mass is 498 g/mol. The maximum atomic E-state index is 13.8. The second kappa shape index (κ2) is 10.1. The molecule has 9 nitrogen and oxygen atoms in total. The third-order valence-electron chi connectivity index (χ3n) is 5.44. The van der Waals surface area contributed by atoms with Crippen molar-refractivity contribution in [3.63, 3.8) is 0 Å². The van der Waals surface area contributed by atoms with Crippen LogP contribution in [0.2, 0.25) is 0 Å². The van der Waals surface area contributed by atoms with Gasteiger partial charge in [-0.05, 0) is 54.4 Å². The highest BCUT2D eigenvalue weighted by atomic mass is 32.2. The number of hydrogen-bond donors (Lipinski definition) is 1. The molecule has 1 aliphatic rings. The standard InChI is InChI=1S/C25H26N2O7S/c1-17-7-9-22(32-3)24(11-17)35(29,30)27(19-5-4-6-20(13-19)31-2)15-25(28)26-14-18-8-10-21-23(12-18)34-16-33-21/h4-13H,14-16H2,1-3H3,(H,26,28). The lowest BCUT2D eigenvalue weighted by molar-refractivity contribution is -0.119. The Labute approximate surface area is 204 Å². The summed E-state index contributed by atoms with van der Waals surface area (Å²) < 4.78 is 49.9. The molecule has 0 saturated heterocycles. The van der Waals surface area contributed by atoms with Crippen molar-refractivity contribution in [2.75, 3.05) is 31.9 Å². The van der Waals surface area contributed by atoms with Crippen LogP contribution in [0.4, 0.5) is 5.69 Å². The van der Waals surface area contributed by atoms with Crippen LogP contribution in [0.3, 0.4) is 0 Å². The van der Waals surface area contributed by atoms with Gasteiger partial charge < -0.3 is 24.3 Å². The molecule has 0 saturated carbocycles. The number of anilines is 1. The number of carbonyl (C=O) groups excluding carboxylic acids is 1. The van der Waals surface area contributed by atoms with E-state index in [2.05, 4.69) is 5.32 Å². The van der Waals surface area contributed by atoms with Crippen LogP contribution in [0, 0.1) is 6.92 Å². The highest BCUT2D eigenvalue weighted by molar-refractivity contribution is 7.93. The molecule has 3 aromatic rings. The average Bonchev–Trinajstić information content (AvgIpc) is 3.34. The number of benzene rings is 3. The van der Waals surface area contributed by atoms with E-state index in [1.165, 1.54) is 20.3 Å². The number of ether oxygens (including phenoxy) is 4. The fraction of sp³-hybridized carbons (Fsp3) is 0.240. The Morgan fingerprint density at radius 1 is 1.00 bits per heavy atom. The average molecular weight is 499 g/mol. The lowest BCUT2D eigenvalue weighted by atomic mass is 10.2. The van der Waals surface area contributed by atoms with Crippen LogP contribution in [0.5, 0.6) is 23.0 Å². The van der Waals surface area contributed by atoms with Gasteiger partial charge in [0.25, 0.3) is 10.0 Å². The fourth-order valence-corrected chi connectivity index (χ4v) is 5.28. The van der Waals surface area contributed by atoms with Crippen molar-refractivity contribution in [2.45, 2.75) is 18.4 Å². The van der Waals surface area contributed by atoms with Gasteiger partial charge in [-0.2, -0.15) is 0 Å². The van der Waals surface area contributed by atoms with Crippen LogP contribution in [-0.2, 0) is 21.4 Å². The first-order chi connectivity index (χ1) is 16.8. The predicted octanol–water partition coefficient (Wildman–Crippen LogP) is 3.25. The fourth-order valence-electron chi connectivity index (χ4n) is 3.62. The van der Waals surface area contributed by atoms with Crippen LogP contribution in [0.25, 0.3) is 0 Å². The molecule has 0 aliphatic carbocycles. The van der Waals surface area contributed by atoms with Gasteiger partial charge >= 0.3 is 0 Å². The highest BCUT2D eigenvalue weighted by Crippen LogP contribution is 2.33. The SMILES string of the molecule is COc1cccc(N(CC(=O)NCc2ccc3c(c2)OCO3)S(=O)(=O)c2cc(C)ccc2OC)c1. The molecule has 35 heavy (non-hydrogen) atoms. The van der Waals surface area contributed by atoms with Crippen molar-refractivity contribution in [1.82, 2.24) is 5.32 Å². The third kappa shape index (κ3) is 5.27. The molecule has 0 aromatic heterocycles. The molecule has 1 aliphatic heterocycles. The van der Waals surface area contributed by atoms with Crippen LogP contribution >= 0.6 is 0 Å². The number of sulfonamides is 1. The molecule has 10 heteroatoms. The summed E-state index contributed by atoms with van der Waals surface area (Å²) in [4.78, 5) is 12.9. The Bertz CT molecular complexity index is 1340. The molecule has 0 spiro atoms. The summed E-state index contributed by atoms with van der Waals surface area (Å²) in [5.74, 6) is 1.40. The van der Waals surface area contributed by atoms with Gasteiger partial charge in [0, 0.05) is 12.6 Å². The van der Waals surface area contributed by atoms with Crippen molar-refractivity contribution in [1.29, 1.82) is 0 Å². The van der Waals surface area contributed by atoms with E-state index in [9.17, 15) is 13.2 Å². The molecule has 0 atom stereocenters. The van der Waals surface area contributed by atoms with Crippen molar-refractivity contribution in [2.24, 2.45) is 0 Å². The normalized spacial score (nSPS) is 12.2. The number of hydrogen-bond acceptors (Lipinski definition) is 7. The number of aryl methyl sites for hydroxylation is 1. The molecule has 0 fully saturated rings. The van der Waals surface area contributed by atoms with Gasteiger partial charge in [0.1, 0.15) is 22.9 Å². The Hall–Kier alpha value is -3.92. The number of amides is 1. The van der Waals surface area contributed by atoms with Crippen molar-refractivity contribution in [3.8, 4) is 23.0 Å². The third-order valence-corrected chi connectivity index (χ3v) is 7.24. The molecule has 0 bridgehead atoms. The summed E-state index contributed by atoms with van der Waals surface area (Å²) in [6.07, 6.45) is 0. The summed E-state index contributed by atoms with van der Waals surface area (Å²) in [6, 6.07) is 16.7. The number of nitrogens with zero attached hydrogens (tertiary/aromatic N) is 1. The molecule has 1 N–H and O–H groups in total. The quantitative estimate of drug-likeness (QED) is 0.483. The van der Waals surface area contributed by atoms with E-state index < -0.39 is 22.5 Å². The first-order valence-corrected chi connectivity index (χ1v) is 12.2. The van der Waals surface area contributed by atoms with Crippen molar-refractivity contribution >= 4 is 21.6 Å². The van der Waals surface area contributed by atoms with Gasteiger partial charge in [-0.3, -0.25) is 9.10 Å². The molecule has 4 rings (SSSR count). The van der Waals surface area contributed by atoms with E-state index in [0.29, 0.717) is 17.2 Å². The summed E-state index contributed by atoms with van der Waals surface area (Å²) in [6.45, 7) is 1.68. The van der Waals surface area contributed by atoms with Crippen LogP contribution < -0.4 is 28.6 Å². The number of methoxy groups -OCH3 is 2. The van der Waals surface area contributed by atoms with E-state index in [4.69, 9.17) is 18.9 Å². The lowest BCUT2D eigenvalue weighted by Crippen LogP contribution is -2.40. The van der Waals surface area contributed by atoms with Crippen LogP contribution in [0.1, 0.15) is 11.1 Å². The second-order valence-corrected chi connectivity index (χ2v) is 9.66. The van der Waals surface area contributed by atoms with E-state index in [1.807, 2.05) is 6.07 Å². The maximum absolute atomic E-state index is 13.8. The van der Waals surface area contributed by atoms with Gasteiger partial charge in [0.05, 0.1) is 19.9 Å². The molecule has 1 amide bonds. The minimum absolute atomic E-state index is 0.0357. The summed E-state index contributed by atoms with van der Waals surface area (Å²) in [7, 11) is -1.29. The van der Waals surface area contributed by atoms with Crippen LogP contribution in [-0.4, -0.2) is 41.9 Å². The first-order valence-electron chi connectivity index (χ1n) is 10.8. The van der Waals surface area contributed by atoms with E-state index in [1.54, 1.807) is 55.5 Å². The van der Waals surface area contributed by atoms with Crippen LogP contribution in [0.15, 0.2) is 65.6 Å². The maximum Gasteiger partial charge on any atom is 0.268 e. The first kappa shape index (κ1) is 24.2. The smallest absolute Gasteiger partial charge is 0.268 e. The summed E-state index contributed by atoms with van der Waals surface area (Å²) in [5, 5.41) is 2.78. The van der Waals surface area contributed by atoms with Gasteiger partial charge in [-0.15, -0.1) is 0 Å². The van der Waals surface area contributed by atoms with Crippen molar-refractivity contribution < 1.29 is 32.2 Å². The number of fused-ring (bicyclic) bond motifs is 1. The van der Waals surface area contributed by atoms with Gasteiger partial charge in [0.2, 0.25) is 12.7 Å². The molecule has 0 radical (unpaired) electrons. The minimum Gasteiger partial charge on any atom is -0.497 e. The highest BCUT2D eigenvalue weighted by Gasteiger charge is 2.30. The minimum atomic E-state index is -4.17. The topological polar surface area (TPSA) is 103 Å². The largest absolute Gasteiger partial charge is 0.497 e. The molecule has 0 unspecified atom stereocenters. The Kier molecular flexibility index (Phi) is 7.02. The molecule has 3 aromatic carbocycles. The van der Waals surface area contributed by atoms with E-state index in [-0.39, 0.29) is 29.7 Å². The predicted molar refractivity (Wildman–Crippen MR) is 130 cm³/mol. The zero-order valence-corrected chi connectivity index (χ0v) is 20.4.